The third-order valence-electron chi connectivity index (χ3n) is 4.12. The summed E-state index contributed by atoms with van der Waals surface area (Å²) in [6.07, 6.45) is 6.74. The summed E-state index contributed by atoms with van der Waals surface area (Å²) in [6.45, 7) is 2.15. The van der Waals surface area contributed by atoms with Gasteiger partial charge >= 0.3 is 5.97 Å². The summed E-state index contributed by atoms with van der Waals surface area (Å²) in [4.78, 5) is 12.5. The van der Waals surface area contributed by atoms with Crippen LogP contribution >= 0.6 is 0 Å². The fourth-order valence-electron chi connectivity index (χ4n) is 2.98. The van der Waals surface area contributed by atoms with Crippen LogP contribution in [0.2, 0.25) is 0 Å². The second-order valence-corrected chi connectivity index (χ2v) is 5.68. The van der Waals surface area contributed by atoms with Crippen molar-refractivity contribution in [2.24, 2.45) is 0 Å². The minimum absolute atomic E-state index is 0.254. The van der Waals surface area contributed by atoms with Crippen LogP contribution in [-0.2, 0) is 9.53 Å². The van der Waals surface area contributed by atoms with Gasteiger partial charge in [-0.15, -0.1) is 0 Å². The van der Waals surface area contributed by atoms with Gasteiger partial charge in [0.05, 0.1) is 12.3 Å². The van der Waals surface area contributed by atoms with E-state index in [2.05, 4.69) is 5.32 Å². The van der Waals surface area contributed by atoms with Crippen molar-refractivity contribution in [3.63, 3.8) is 0 Å². The van der Waals surface area contributed by atoms with Gasteiger partial charge in [-0.2, -0.15) is 0 Å². The zero-order valence-corrected chi connectivity index (χ0v) is 12.7. The molecule has 1 saturated carbocycles. The fourth-order valence-corrected chi connectivity index (χ4v) is 2.98. The molecule has 3 nitrogen and oxygen atoms in total. The highest BCUT2D eigenvalue weighted by atomic mass is 19.1. The Balaban J connectivity index is 2.25. The Morgan fingerprint density at radius 1 is 1.19 bits per heavy atom. The average Bonchev–Trinajstić information content (AvgIpc) is 2.44. The molecule has 0 aromatic heterocycles. The molecule has 1 fully saturated rings. The first-order valence-corrected chi connectivity index (χ1v) is 7.88. The van der Waals surface area contributed by atoms with Gasteiger partial charge in [-0.25, -0.2) is 9.18 Å². The van der Waals surface area contributed by atoms with E-state index in [1.807, 2.05) is 0 Å². The second kappa shape index (κ2) is 7.43. The van der Waals surface area contributed by atoms with Gasteiger partial charge in [0.1, 0.15) is 11.4 Å². The smallest absolute Gasteiger partial charge is 0.331 e. The zero-order chi connectivity index (χ0) is 15.1. The first-order chi connectivity index (χ1) is 10.2. The third kappa shape index (κ3) is 3.96. The van der Waals surface area contributed by atoms with E-state index in [-0.39, 0.29) is 11.8 Å². The van der Waals surface area contributed by atoms with Crippen LogP contribution in [0.15, 0.2) is 24.3 Å². The van der Waals surface area contributed by atoms with Crippen LogP contribution in [0.1, 0.15) is 51.9 Å². The number of halogens is 1. The van der Waals surface area contributed by atoms with Crippen molar-refractivity contribution < 1.29 is 13.9 Å². The number of esters is 1. The Bertz CT molecular complexity index is 468. The number of carbonyl (C=O) groups is 1. The molecule has 0 amide bonds. The van der Waals surface area contributed by atoms with Crippen molar-refractivity contribution in [3.8, 4) is 0 Å². The molecule has 1 aromatic carbocycles. The maximum absolute atomic E-state index is 13.9. The van der Waals surface area contributed by atoms with Crippen LogP contribution < -0.4 is 5.32 Å². The van der Waals surface area contributed by atoms with Crippen molar-refractivity contribution in [1.29, 1.82) is 0 Å². The summed E-state index contributed by atoms with van der Waals surface area (Å²) in [5.41, 5.74) is -0.412. The summed E-state index contributed by atoms with van der Waals surface area (Å²) in [6, 6.07) is 6.50. The Morgan fingerprint density at radius 2 is 1.81 bits per heavy atom. The van der Waals surface area contributed by atoms with E-state index >= 15 is 0 Å². The predicted molar refractivity (Wildman–Crippen MR) is 81.7 cm³/mol. The normalized spacial score (nSPS) is 18.4. The average molecular weight is 293 g/mol. The van der Waals surface area contributed by atoms with Gasteiger partial charge in [0.2, 0.25) is 0 Å². The number of rotatable bonds is 4. The Morgan fingerprint density at radius 3 is 2.43 bits per heavy atom. The van der Waals surface area contributed by atoms with Crippen molar-refractivity contribution in [1.82, 2.24) is 0 Å². The fraction of sp³-hybridized carbons (Fsp3) is 0.588. The van der Waals surface area contributed by atoms with Crippen LogP contribution in [0, 0.1) is 5.82 Å². The number of nitrogens with one attached hydrogen (secondary N) is 1. The quantitative estimate of drug-likeness (QED) is 0.842. The van der Waals surface area contributed by atoms with E-state index in [1.54, 1.807) is 25.1 Å². The Kier molecular flexibility index (Phi) is 5.59. The van der Waals surface area contributed by atoms with Gasteiger partial charge in [-0.05, 0) is 31.9 Å². The number of para-hydroxylation sites is 1. The predicted octanol–water partition coefficient (Wildman–Crippen LogP) is 4.28. The summed E-state index contributed by atoms with van der Waals surface area (Å²) in [7, 11) is 0. The monoisotopic (exact) mass is 293 g/mol. The van der Waals surface area contributed by atoms with Crippen molar-refractivity contribution in [2.45, 2.75) is 57.4 Å². The molecule has 1 aliphatic carbocycles. The second-order valence-electron chi connectivity index (χ2n) is 5.68. The lowest BCUT2D eigenvalue weighted by Gasteiger charge is -2.35. The maximum atomic E-state index is 13.9. The number of benzene rings is 1. The van der Waals surface area contributed by atoms with Gasteiger partial charge in [0.25, 0.3) is 0 Å². The zero-order valence-electron chi connectivity index (χ0n) is 12.7. The molecule has 0 spiro atoms. The van der Waals surface area contributed by atoms with Crippen molar-refractivity contribution in [3.05, 3.63) is 30.1 Å². The SMILES string of the molecule is CCOC(=O)C1(Nc2ccccc2F)CCCCCCC1. The van der Waals surface area contributed by atoms with Crippen molar-refractivity contribution in [2.75, 3.05) is 11.9 Å². The van der Waals surface area contributed by atoms with Crippen LogP contribution in [0.3, 0.4) is 0 Å². The maximum Gasteiger partial charge on any atom is 0.331 e. The molecule has 0 unspecified atom stereocenters. The highest BCUT2D eigenvalue weighted by molar-refractivity contribution is 5.84. The number of ether oxygens (including phenoxy) is 1. The van der Waals surface area contributed by atoms with Crippen LogP contribution in [0.5, 0.6) is 0 Å². The molecule has 0 bridgehead atoms. The van der Waals surface area contributed by atoms with E-state index in [0.29, 0.717) is 25.1 Å². The van der Waals surface area contributed by atoms with E-state index in [1.165, 1.54) is 12.5 Å². The summed E-state index contributed by atoms with van der Waals surface area (Å²) in [5, 5.41) is 3.17. The van der Waals surface area contributed by atoms with Gasteiger partial charge in [0, 0.05) is 0 Å². The molecule has 0 radical (unpaired) electrons. The molecule has 0 atom stereocenters. The first-order valence-electron chi connectivity index (χ1n) is 7.88. The van der Waals surface area contributed by atoms with Crippen LogP contribution in [0.25, 0.3) is 0 Å². The van der Waals surface area contributed by atoms with Crippen molar-refractivity contribution >= 4 is 11.7 Å². The molecule has 0 saturated heterocycles. The minimum Gasteiger partial charge on any atom is -0.464 e. The lowest BCUT2D eigenvalue weighted by molar-refractivity contribution is -0.149. The molecule has 1 aliphatic rings. The highest BCUT2D eigenvalue weighted by Crippen LogP contribution is 2.32. The topological polar surface area (TPSA) is 38.3 Å². The molecule has 2 rings (SSSR count). The van der Waals surface area contributed by atoms with Crippen LogP contribution in [-0.4, -0.2) is 18.1 Å². The molecule has 116 valence electrons. The molecule has 0 heterocycles. The van der Waals surface area contributed by atoms with E-state index in [9.17, 15) is 9.18 Å². The lowest BCUT2D eigenvalue weighted by atomic mass is 9.83. The highest BCUT2D eigenvalue weighted by Gasteiger charge is 2.39. The third-order valence-corrected chi connectivity index (χ3v) is 4.12. The van der Waals surface area contributed by atoms with E-state index in [0.717, 1.165) is 25.7 Å². The molecule has 1 N–H and O–H groups in total. The molecular weight excluding hydrogens is 269 g/mol. The lowest BCUT2D eigenvalue weighted by Crippen LogP contribution is -2.48. The van der Waals surface area contributed by atoms with Gasteiger partial charge in [0.15, 0.2) is 0 Å². The molecular formula is C17H24FNO2. The molecule has 4 heteroatoms. The number of carbonyl (C=O) groups excluding carboxylic acids is 1. The number of hydrogen-bond acceptors (Lipinski definition) is 3. The standard InChI is InChI=1S/C17H24FNO2/c1-2-21-16(20)17(12-8-4-3-5-9-13-17)19-15-11-7-6-10-14(15)18/h6-7,10-11,19H,2-5,8-9,12-13H2,1H3. The van der Waals surface area contributed by atoms with Crippen LogP contribution in [0.4, 0.5) is 10.1 Å². The first kappa shape index (κ1) is 15.8. The Labute approximate surface area is 125 Å². The molecule has 21 heavy (non-hydrogen) atoms. The molecule has 0 aliphatic heterocycles. The largest absolute Gasteiger partial charge is 0.464 e. The minimum atomic E-state index is -0.793. The Hall–Kier alpha value is -1.58. The molecule has 1 aromatic rings. The number of anilines is 1. The van der Waals surface area contributed by atoms with E-state index < -0.39 is 5.54 Å². The summed E-state index contributed by atoms with van der Waals surface area (Å²) < 4.78 is 19.2. The van der Waals surface area contributed by atoms with Gasteiger partial charge < -0.3 is 10.1 Å². The summed E-state index contributed by atoms with van der Waals surface area (Å²) >= 11 is 0. The van der Waals surface area contributed by atoms with Gasteiger partial charge in [-0.3, -0.25) is 0 Å². The summed E-state index contributed by atoms with van der Waals surface area (Å²) in [5.74, 6) is -0.585. The van der Waals surface area contributed by atoms with E-state index in [4.69, 9.17) is 4.74 Å². The van der Waals surface area contributed by atoms with Gasteiger partial charge in [-0.1, -0.05) is 44.2 Å². The number of hydrogen-bond donors (Lipinski definition) is 1.